The zero-order chi connectivity index (χ0) is 14.2. The minimum absolute atomic E-state index is 0.121. The van der Waals surface area contributed by atoms with E-state index in [0.717, 1.165) is 12.8 Å². The summed E-state index contributed by atoms with van der Waals surface area (Å²) in [5.41, 5.74) is 0.121. The van der Waals surface area contributed by atoms with Crippen LogP contribution in [0.5, 0.6) is 5.88 Å². The smallest absolute Gasteiger partial charge is 0.251 e. The number of nitrogens with zero attached hydrogens (tertiary/aromatic N) is 4. The number of aromatic nitrogens is 2. The molecule has 0 amide bonds. The van der Waals surface area contributed by atoms with Gasteiger partial charge in [-0.05, 0) is 19.3 Å². The molecular formula is C12H14N4O3S. The molecule has 2 aliphatic rings. The first kappa shape index (κ1) is 13.3. The minimum Gasteiger partial charge on any atom is -0.471 e. The lowest BCUT2D eigenvalue weighted by atomic mass is 10.3. The van der Waals surface area contributed by atoms with Gasteiger partial charge < -0.3 is 4.74 Å². The molecule has 7 nitrogen and oxygen atoms in total. The fourth-order valence-corrected chi connectivity index (χ4v) is 4.14. The standard InChI is InChI=1S/C12H14N4O3S/c13-7-11-12(15-5-4-14-11)19-9-3-6-16(8-9)20(17,18)10-1-2-10/h4-5,9-10H,1-3,6,8H2/t9-/m0/s1. The minimum atomic E-state index is -3.15. The van der Waals surface area contributed by atoms with Crippen molar-refractivity contribution in [3.8, 4) is 11.9 Å². The maximum Gasteiger partial charge on any atom is 0.251 e. The van der Waals surface area contributed by atoms with Crippen molar-refractivity contribution in [1.29, 1.82) is 5.26 Å². The van der Waals surface area contributed by atoms with Crippen LogP contribution >= 0.6 is 0 Å². The number of hydrogen-bond donors (Lipinski definition) is 0. The average Bonchev–Trinajstić information content (AvgIpc) is 3.20. The summed E-state index contributed by atoms with van der Waals surface area (Å²) in [6, 6.07) is 1.91. The maximum absolute atomic E-state index is 12.1. The Labute approximate surface area is 117 Å². The molecule has 3 rings (SSSR count). The second kappa shape index (κ2) is 5.00. The first-order valence-corrected chi connectivity index (χ1v) is 7.98. The molecule has 0 aromatic carbocycles. The first-order valence-electron chi connectivity index (χ1n) is 6.48. The Morgan fingerprint density at radius 1 is 1.30 bits per heavy atom. The van der Waals surface area contributed by atoms with E-state index in [1.54, 1.807) is 0 Å². The van der Waals surface area contributed by atoms with Gasteiger partial charge in [0, 0.05) is 18.9 Å². The Bertz CT molecular complexity index is 651. The SMILES string of the molecule is N#Cc1nccnc1O[C@H]1CCN(S(=O)(=O)C2CC2)C1. The highest BCUT2D eigenvalue weighted by molar-refractivity contribution is 7.90. The summed E-state index contributed by atoms with van der Waals surface area (Å²) in [4.78, 5) is 7.84. The Hall–Kier alpha value is -1.72. The second-order valence-corrected chi connectivity index (χ2v) is 7.17. The van der Waals surface area contributed by atoms with Crippen molar-refractivity contribution in [2.75, 3.05) is 13.1 Å². The van der Waals surface area contributed by atoms with Crippen molar-refractivity contribution in [3.63, 3.8) is 0 Å². The molecule has 8 heteroatoms. The van der Waals surface area contributed by atoms with Gasteiger partial charge in [0.1, 0.15) is 12.2 Å². The lowest BCUT2D eigenvalue weighted by Gasteiger charge is -2.16. The number of nitriles is 1. The molecule has 1 aromatic rings. The van der Waals surface area contributed by atoms with E-state index < -0.39 is 10.0 Å². The van der Waals surface area contributed by atoms with Gasteiger partial charge in [-0.1, -0.05) is 0 Å². The van der Waals surface area contributed by atoms with Crippen molar-refractivity contribution in [3.05, 3.63) is 18.1 Å². The van der Waals surface area contributed by atoms with Crippen molar-refractivity contribution < 1.29 is 13.2 Å². The number of sulfonamides is 1. The van der Waals surface area contributed by atoms with Crippen molar-refractivity contribution in [2.45, 2.75) is 30.6 Å². The monoisotopic (exact) mass is 294 g/mol. The number of ether oxygens (including phenoxy) is 1. The van der Waals surface area contributed by atoms with Crippen molar-refractivity contribution in [2.24, 2.45) is 0 Å². The molecule has 0 spiro atoms. The molecule has 0 N–H and O–H groups in total. The van der Waals surface area contributed by atoms with E-state index in [-0.39, 0.29) is 22.9 Å². The van der Waals surface area contributed by atoms with Gasteiger partial charge in [-0.3, -0.25) is 0 Å². The van der Waals surface area contributed by atoms with E-state index in [4.69, 9.17) is 10.00 Å². The predicted molar refractivity (Wildman–Crippen MR) is 69.3 cm³/mol. The van der Waals surface area contributed by atoms with Gasteiger partial charge in [-0.25, -0.2) is 18.4 Å². The molecule has 0 radical (unpaired) electrons. The zero-order valence-corrected chi connectivity index (χ0v) is 11.6. The van der Waals surface area contributed by atoms with Crippen LogP contribution in [0.3, 0.4) is 0 Å². The van der Waals surface area contributed by atoms with Gasteiger partial charge in [0.25, 0.3) is 5.88 Å². The van der Waals surface area contributed by atoms with Gasteiger partial charge in [0.2, 0.25) is 15.7 Å². The molecule has 1 aliphatic heterocycles. The lowest BCUT2D eigenvalue weighted by Crippen LogP contribution is -2.33. The summed E-state index contributed by atoms with van der Waals surface area (Å²) >= 11 is 0. The molecule has 2 heterocycles. The molecule has 1 atom stereocenters. The molecule has 1 saturated carbocycles. The summed E-state index contributed by atoms with van der Waals surface area (Å²) in [7, 11) is -3.15. The van der Waals surface area contributed by atoms with Crippen LogP contribution in [0, 0.1) is 11.3 Å². The summed E-state index contributed by atoms with van der Waals surface area (Å²) in [6.07, 6.45) is 4.72. The average molecular weight is 294 g/mol. The molecule has 20 heavy (non-hydrogen) atoms. The fraction of sp³-hybridized carbons (Fsp3) is 0.583. The van der Waals surface area contributed by atoms with Crippen molar-refractivity contribution >= 4 is 10.0 Å². The third kappa shape index (κ3) is 2.46. The van der Waals surface area contributed by atoms with Crippen LogP contribution in [-0.4, -0.2) is 47.1 Å². The first-order chi connectivity index (χ1) is 9.61. The van der Waals surface area contributed by atoms with Crippen LogP contribution < -0.4 is 4.74 Å². The van der Waals surface area contributed by atoms with E-state index in [0.29, 0.717) is 19.5 Å². The Kier molecular flexibility index (Phi) is 3.31. The van der Waals surface area contributed by atoms with Gasteiger partial charge in [-0.2, -0.15) is 9.57 Å². The van der Waals surface area contributed by atoms with Crippen molar-refractivity contribution in [1.82, 2.24) is 14.3 Å². The highest BCUT2D eigenvalue weighted by atomic mass is 32.2. The van der Waals surface area contributed by atoms with E-state index in [9.17, 15) is 8.42 Å². The Morgan fingerprint density at radius 2 is 2.05 bits per heavy atom. The fourth-order valence-electron chi connectivity index (χ4n) is 2.25. The van der Waals surface area contributed by atoms with Crippen LogP contribution in [-0.2, 0) is 10.0 Å². The van der Waals surface area contributed by atoms with Gasteiger partial charge in [-0.15, -0.1) is 0 Å². The van der Waals surface area contributed by atoms with Crippen LogP contribution in [0.25, 0.3) is 0 Å². The topological polar surface area (TPSA) is 96.2 Å². The molecular weight excluding hydrogens is 280 g/mol. The largest absolute Gasteiger partial charge is 0.471 e. The predicted octanol–water partition coefficient (Wildman–Crippen LogP) is 0.294. The van der Waals surface area contributed by atoms with Crippen LogP contribution in [0.1, 0.15) is 25.0 Å². The molecule has 1 aliphatic carbocycles. The summed E-state index contributed by atoms with van der Waals surface area (Å²) in [6.45, 7) is 0.784. The zero-order valence-electron chi connectivity index (χ0n) is 10.8. The highest BCUT2D eigenvalue weighted by Crippen LogP contribution is 2.33. The van der Waals surface area contributed by atoms with E-state index >= 15 is 0 Å². The molecule has 2 fully saturated rings. The summed E-state index contributed by atoms with van der Waals surface area (Å²) in [5.74, 6) is 0.172. The van der Waals surface area contributed by atoms with Gasteiger partial charge in [0.05, 0.1) is 11.8 Å². The Morgan fingerprint density at radius 3 is 2.75 bits per heavy atom. The molecule has 0 bridgehead atoms. The quantitative estimate of drug-likeness (QED) is 0.792. The molecule has 106 valence electrons. The Balaban J connectivity index is 1.68. The van der Waals surface area contributed by atoms with Gasteiger partial charge >= 0.3 is 0 Å². The van der Waals surface area contributed by atoms with Crippen LogP contribution in [0.4, 0.5) is 0 Å². The summed E-state index contributed by atoms with van der Waals surface area (Å²) in [5, 5.41) is 8.71. The highest BCUT2D eigenvalue weighted by Gasteiger charge is 2.43. The third-order valence-electron chi connectivity index (χ3n) is 3.46. The summed E-state index contributed by atoms with van der Waals surface area (Å²) < 4.78 is 31.3. The second-order valence-electron chi connectivity index (χ2n) is 4.95. The molecule has 1 aromatic heterocycles. The van der Waals surface area contributed by atoms with Crippen LogP contribution in [0.2, 0.25) is 0 Å². The molecule has 0 unspecified atom stereocenters. The third-order valence-corrected chi connectivity index (χ3v) is 5.83. The maximum atomic E-state index is 12.1. The molecule has 1 saturated heterocycles. The van der Waals surface area contributed by atoms with E-state index in [2.05, 4.69) is 9.97 Å². The number of hydrogen-bond acceptors (Lipinski definition) is 6. The number of rotatable bonds is 4. The lowest BCUT2D eigenvalue weighted by molar-refractivity contribution is 0.205. The van der Waals surface area contributed by atoms with E-state index in [1.165, 1.54) is 16.7 Å². The normalized spacial score (nSPS) is 23.4. The van der Waals surface area contributed by atoms with E-state index in [1.807, 2.05) is 6.07 Å². The van der Waals surface area contributed by atoms with Gasteiger partial charge in [0.15, 0.2) is 0 Å². The van der Waals surface area contributed by atoms with Crippen LogP contribution in [0.15, 0.2) is 12.4 Å².